The molecule has 0 saturated carbocycles. The smallest absolute Gasteiger partial charge is 0.339 e. The molecule has 7 nitrogen and oxygen atoms in total. The normalized spacial score (nSPS) is 16.2. The molecular formula is C20H16N2O5S2. The van der Waals surface area contributed by atoms with Crippen molar-refractivity contribution in [2.45, 2.75) is 13.0 Å². The van der Waals surface area contributed by atoms with Crippen molar-refractivity contribution in [1.82, 2.24) is 4.90 Å². The van der Waals surface area contributed by atoms with Crippen LogP contribution in [-0.4, -0.2) is 43.3 Å². The van der Waals surface area contributed by atoms with E-state index in [1.165, 1.54) is 24.0 Å². The number of thioether (sulfide) groups is 1. The van der Waals surface area contributed by atoms with Crippen LogP contribution in [0.4, 0.5) is 5.69 Å². The summed E-state index contributed by atoms with van der Waals surface area (Å²) in [5.74, 6) is -2.64. The van der Waals surface area contributed by atoms with Gasteiger partial charge in [-0.1, -0.05) is 54.3 Å². The number of aromatic hydroxyl groups is 1. The van der Waals surface area contributed by atoms with Crippen LogP contribution in [0.2, 0.25) is 0 Å². The summed E-state index contributed by atoms with van der Waals surface area (Å²) in [5, 5.41) is 21.2. The number of carboxylic acids is 1. The number of hydrogen-bond acceptors (Lipinski definition) is 6. The second-order valence-corrected chi connectivity index (χ2v) is 7.84. The first-order valence-electron chi connectivity index (χ1n) is 8.47. The number of carbonyl (C=O) groups excluding carboxylic acids is 2. The number of nitrogens with one attached hydrogen (secondary N) is 1. The first kappa shape index (κ1) is 20.6. The van der Waals surface area contributed by atoms with Gasteiger partial charge in [0.15, 0.2) is 0 Å². The van der Waals surface area contributed by atoms with Gasteiger partial charge in [-0.2, -0.15) is 0 Å². The molecule has 3 rings (SSSR count). The maximum absolute atomic E-state index is 12.8. The van der Waals surface area contributed by atoms with E-state index in [2.05, 4.69) is 5.32 Å². The number of amides is 2. The summed E-state index contributed by atoms with van der Waals surface area (Å²) in [4.78, 5) is 38.1. The van der Waals surface area contributed by atoms with Crippen LogP contribution in [-0.2, 0) is 9.59 Å². The van der Waals surface area contributed by atoms with Gasteiger partial charge in [-0.3, -0.25) is 14.5 Å². The largest absolute Gasteiger partial charge is 0.507 e. The highest BCUT2D eigenvalue weighted by atomic mass is 32.2. The molecule has 0 spiro atoms. The molecule has 0 radical (unpaired) electrons. The first-order valence-corrected chi connectivity index (χ1v) is 9.69. The molecular weight excluding hydrogens is 412 g/mol. The van der Waals surface area contributed by atoms with E-state index in [-0.39, 0.29) is 21.5 Å². The molecule has 3 N–H and O–H groups in total. The third kappa shape index (κ3) is 4.47. The minimum Gasteiger partial charge on any atom is -0.507 e. The van der Waals surface area contributed by atoms with Crippen LogP contribution in [0.25, 0.3) is 6.08 Å². The Kier molecular flexibility index (Phi) is 6.00. The number of thiocarbonyl (C=S) groups is 1. The summed E-state index contributed by atoms with van der Waals surface area (Å²) in [5.41, 5.74) is 0.685. The van der Waals surface area contributed by atoms with Gasteiger partial charge in [-0.05, 0) is 36.8 Å². The van der Waals surface area contributed by atoms with Crippen LogP contribution < -0.4 is 5.32 Å². The molecule has 1 aliphatic rings. The Morgan fingerprint density at radius 1 is 1.21 bits per heavy atom. The quantitative estimate of drug-likeness (QED) is 0.381. The SMILES string of the molecule is C[C@H](C(=O)Nc1ccc(O)c(C(=O)O)c1)N1C(=O)/C(=C/c2ccccc2)SC1=S. The number of carbonyl (C=O) groups is 3. The molecule has 0 aromatic heterocycles. The van der Waals surface area contributed by atoms with Crippen molar-refractivity contribution >= 4 is 57.8 Å². The predicted molar refractivity (Wildman–Crippen MR) is 115 cm³/mol. The van der Waals surface area contributed by atoms with E-state index in [4.69, 9.17) is 17.3 Å². The van der Waals surface area contributed by atoms with Crippen LogP contribution in [0, 0.1) is 0 Å². The average Bonchev–Trinajstić information content (AvgIpc) is 2.96. The van der Waals surface area contributed by atoms with Gasteiger partial charge in [0.1, 0.15) is 21.7 Å². The Bertz CT molecular complexity index is 1040. The van der Waals surface area contributed by atoms with E-state index in [9.17, 15) is 19.5 Å². The van der Waals surface area contributed by atoms with E-state index >= 15 is 0 Å². The van der Waals surface area contributed by atoms with Gasteiger partial charge in [-0.15, -0.1) is 0 Å². The van der Waals surface area contributed by atoms with Crippen LogP contribution in [0.15, 0.2) is 53.4 Å². The second kappa shape index (κ2) is 8.46. The lowest BCUT2D eigenvalue weighted by Crippen LogP contribution is -2.44. The Balaban J connectivity index is 1.77. The molecule has 2 aromatic carbocycles. The highest BCUT2D eigenvalue weighted by Crippen LogP contribution is 2.34. The van der Waals surface area contributed by atoms with Crippen molar-refractivity contribution in [3.63, 3.8) is 0 Å². The van der Waals surface area contributed by atoms with Gasteiger partial charge in [0.25, 0.3) is 5.91 Å². The van der Waals surface area contributed by atoms with Crippen molar-refractivity contribution in [1.29, 1.82) is 0 Å². The number of carboxylic acid groups (broad SMARTS) is 1. The fraction of sp³-hybridized carbons (Fsp3) is 0.100. The topological polar surface area (TPSA) is 107 Å². The monoisotopic (exact) mass is 428 g/mol. The van der Waals surface area contributed by atoms with Crippen molar-refractivity contribution in [2.24, 2.45) is 0 Å². The summed E-state index contributed by atoms with van der Waals surface area (Å²) in [6.45, 7) is 1.53. The molecule has 0 unspecified atom stereocenters. The van der Waals surface area contributed by atoms with Gasteiger partial charge in [0.05, 0.1) is 4.91 Å². The van der Waals surface area contributed by atoms with E-state index in [1.54, 1.807) is 6.08 Å². The zero-order chi connectivity index (χ0) is 21.1. The minimum absolute atomic E-state index is 0.183. The molecule has 0 bridgehead atoms. The van der Waals surface area contributed by atoms with Gasteiger partial charge in [-0.25, -0.2) is 4.79 Å². The lowest BCUT2D eigenvalue weighted by atomic mass is 10.1. The molecule has 1 heterocycles. The van der Waals surface area contributed by atoms with Crippen molar-refractivity contribution in [3.8, 4) is 5.75 Å². The summed E-state index contributed by atoms with van der Waals surface area (Å²) in [7, 11) is 0. The number of benzene rings is 2. The van der Waals surface area contributed by atoms with E-state index in [1.807, 2.05) is 30.3 Å². The molecule has 2 amide bonds. The summed E-state index contributed by atoms with van der Waals surface area (Å²) in [6, 6.07) is 12.1. The van der Waals surface area contributed by atoms with Crippen LogP contribution in [0.5, 0.6) is 5.75 Å². The summed E-state index contributed by atoms with van der Waals surface area (Å²) < 4.78 is 0.261. The van der Waals surface area contributed by atoms with Gasteiger partial charge < -0.3 is 15.5 Å². The third-order valence-corrected chi connectivity index (χ3v) is 5.51. The molecule has 148 valence electrons. The molecule has 1 saturated heterocycles. The lowest BCUT2D eigenvalue weighted by molar-refractivity contribution is -0.129. The third-order valence-electron chi connectivity index (χ3n) is 4.18. The van der Waals surface area contributed by atoms with Gasteiger partial charge >= 0.3 is 5.97 Å². The van der Waals surface area contributed by atoms with Crippen molar-refractivity contribution in [2.75, 3.05) is 5.32 Å². The predicted octanol–water partition coefficient (Wildman–Crippen LogP) is 3.32. The second-order valence-electron chi connectivity index (χ2n) is 6.16. The van der Waals surface area contributed by atoms with E-state index in [0.29, 0.717) is 4.91 Å². The van der Waals surface area contributed by atoms with Crippen molar-refractivity contribution < 1.29 is 24.6 Å². The maximum Gasteiger partial charge on any atom is 0.339 e. The molecule has 1 atom stereocenters. The molecule has 2 aromatic rings. The number of anilines is 1. The fourth-order valence-corrected chi connectivity index (χ4v) is 4.08. The summed E-state index contributed by atoms with van der Waals surface area (Å²) >= 11 is 6.39. The lowest BCUT2D eigenvalue weighted by Gasteiger charge is -2.22. The minimum atomic E-state index is -1.32. The number of nitrogens with zero attached hydrogens (tertiary/aromatic N) is 1. The number of phenols is 1. The zero-order valence-electron chi connectivity index (χ0n) is 15.2. The van der Waals surface area contributed by atoms with E-state index < -0.39 is 23.7 Å². The van der Waals surface area contributed by atoms with Crippen LogP contribution in [0.1, 0.15) is 22.8 Å². The van der Waals surface area contributed by atoms with Gasteiger partial charge in [0, 0.05) is 5.69 Å². The standard InChI is InChI=1S/C20H16N2O5S2/c1-11(17(24)21-13-7-8-15(23)14(10-13)19(26)27)22-18(25)16(29-20(22)28)9-12-5-3-2-4-6-12/h2-11,23H,1H3,(H,21,24)(H,26,27)/b16-9-/t11-/m1/s1. The number of rotatable bonds is 5. The molecule has 1 fully saturated rings. The average molecular weight is 428 g/mol. The number of aromatic carboxylic acids is 1. The van der Waals surface area contributed by atoms with Crippen molar-refractivity contribution in [3.05, 3.63) is 64.6 Å². The maximum atomic E-state index is 12.8. The Morgan fingerprint density at radius 3 is 2.55 bits per heavy atom. The van der Waals surface area contributed by atoms with Crippen LogP contribution >= 0.6 is 24.0 Å². The molecule has 9 heteroatoms. The Morgan fingerprint density at radius 2 is 1.90 bits per heavy atom. The Hall–Kier alpha value is -3.17. The Labute approximate surface area is 176 Å². The van der Waals surface area contributed by atoms with Gasteiger partial charge in [0.2, 0.25) is 5.91 Å². The fourth-order valence-electron chi connectivity index (χ4n) is 2.66. The number of hydrogen-bond donors (Lipinski definition) is 3. The zero-order valence-corrected chi connectivity index (χ0v) is 16.8. The highest BCUT2D eigenvalue weighted by molar-refractivity contribution is 8.26. The van der Waals surface area contributed by atoms with E-state index in [0.717, 1.165) is 23.4 Å². The first-order chi connectivity index (χ1) is 13.8. The molecule has 29 heavy (non-hydrogen) atoms. The molecule has 1 aliphatic heterocycles. The molecule has 0 aliphatic carbocycles. The van der Waals surface area contributed by atoms with Crippen LogP contribution in [0.3, 0.4) is 0 Å². The summed E-state index contributed by atoms with van der Waals surface area (Å²) in [6.07, 6.45) is 1.71. The highest BCUT2D eigenvalue weighted by Gasteiger charge is 2.38.